The van der Waals surface area contributed by atoms with Gasteiger partial charge in [-0.05, 0) is 38.8 Å². The maximum absolute atomic E-state index is 13.5. The van der Waals surface area contributed by atoms with Crippen LogP contribution in [0.15, 0.2) is 53.3 Å². The first-order valence-electron chi connectivity index (χ1n) is 11.3. The van der Waals surface area contributed by atoms with Gasteiger partial charge in [0.05, 0.1) is 18.8 Å². The van der Waals surface area contributed by atoms with Crippen LogP contribution in [0.1, 0.15) is 29.3 Å². The number of aryl methyl sites for hydroxylation is 2. The topological polar surface area (TPSA) is 93.5 Å². The molecule has 0 saturated carbocycles. The number of rotatable bonds is 5. The molecule has 0 radical (unpaired) electrons. The summed E-state index contributed by atoms with van der Waals surface area (Å²) >= 11 is 0. The van der Waals surface area contributed by atoms with Crippen LogP contribution in [-0.2, 0) is 29.0 Å². The fraction of sp³-hybridized carbons (Fsp3) is 0.308. The molecule has 2 amide bonds. The van der Waals surface area contributed by atoms with Crippen LogP contribution in [0.4, 0.5) is 10.5 Å². The number of nitrogens with zero attached hydrogens (tertiary/aromatic N) is 3. The molecule has 0 atom stereocenters. The Morgan fingerprint density at radius 3 is 2.53 bits per heavy atom. The first-order valence-corrected chi connectivity index (χ1v) is 11.3. The molecule has 4 rings (SSSR count). The van der Waals surface area contributed by atoms with E-state index in [0.29, 0.717) is 35.7 Å². The molecule has 1 N–H and O–H groups in total. The van der Waals surface area contributed by atoms with Crippen LogP contribution in [0, 0.1) is 13.8 Å². The van der Waals surface area contributed by atoms with Gasteiger partial charge in [0.1, 0.15) is 12.4 Å². The van der Waals surface area contributed by atoms with Crippen molar-refractivity contribution in [3.05, 3.63) is 81.3 Å². The average molecular weight is 461 g/mol. The molecule has 2 aromatic carbocycles. The van der Waals surface area contributed by atoms with E-state index >= 15 is 0 Å². The number of fused-ring (bicyclic) bond motifs is 1. The molecule has 0 bridgehead atoms. The number of anilines is 1. The smallest absolute Gasteiger partial charge is 0.410 e. The van der Waals surface area contributed by atoms with Crippen LogP contribution in [0.3, 0.4) is 0 Å². The van der Waals surface area contributed by atoms with E-state index in [4.69, 9.17) is 9.72 Å². The van der Waals surface area contributed by atoms with Crippen molar-refractivity contribution in [3.8, 4) is 11.4 Å². The van der Waals surface area contributed by atoms with E-state index < -0.39 is 6.09 Å². The lowest BCUT2D eigenvalue weighted by molar-refractivity contribution is -0.116. The number of nitrogens with one attached hydrogen (secondary N) is 1. The van der Waals surface area contributed by atoms with Gasteiger partial charge in [-0.1, -0.05) is 48.0 Å². The lowest BCUT2D eigenvalue weighted by atomic mass is 10.1. The highest BCUT2D eigenvalue weighted by atomic mass is 16.6. The zero-order chi connectivity index (χ0) is 24.2. The van der Waals surface area contributed by atoms with E-state index in [0.717, 1.165) is 16.7 Å². The van der Waals surface area contributed by atoms with Crippen molar-refractivity contribution < 1.29 is 14.3 Å². The highest BCUT2D eigenvalue weighted by Crippen LogP contribution is 2.22. The van der Waals surface area contributed by atoms with Gasteiger partial charge in [-0.2, -0.15) is 0 Å². The van der Waals surface area contributed by atoms with Gasteiger partial charge >= 0.3 is 6.09 Å². The van der Waals surface area contributed by atoms with E-state index in [-0.39, 0.29) is 31.2 Å². The molecule has 3 aromatic rings. The van der Waals surface area contributed by atoms with Gasteiger partial charge in [-0.3, -0.25) is 14.2 Å². The van der Waals surface area contributed by atoms with E-state index in [2.05, 4.69) is 5.32 Å². The third kappa shape index (κ3) is 4.85. The Hall–Kier alpha value is -3.94. The van der Waals surface area contributed by atoms with E-state index in [9.17, 15) is 14.4 Å². The number of hydrogen-bond donors (Lipinski definition) is 1. The Kier molecular flexibility index (Phi) is 6.77. The molecule has 1 aliphatic rings. The van der Waals surface area contributed by atoms with Crippen molar-refractivity contribution in [2.45, 2.75) is 40.3 Å². The minimum absolute atomic E-state index is 0.168. The second kappa shape index (κ2) is 9.91. The fourth-order valence-corrected chi connectivity index (χ4v) is 4.01. The number of aromatic nitrogens is 2. The zero-order valence-electron chi connectivity index (χ0n) is 19.6. The summed E-state index contributed by atoms with van der Waals surface area (Å²) in [6.45, 7) is 6.31. The lowest BCUT2D eigenvalue weighted by Gasteiger charge is -2.28. The number of ether oxygens (including phenoxy) is 1. The first kappa shape index (κ1) is 23.2. The van der Waals surface area contributed by atoms with Gasteiger partial charge in [0, 0.05) is 23.4 Å². The number of benzene rings is 2. The first-order chi connectivity index (χ1) is 16.4. The minimum Gasteiger partial charge on any atom is -0.450 e. The van der Waals surface area contributed by atoms with E-state index in [1.54, 1.807) is 11.8 Å². The minimum atomic E-state index is -0.423. The Bertz CT molecular complexity index is 1280. The molecule has 1 aliphatic heterocycles. The van der Waals surface area contributed by atoms with E-state index in [1.165, 1.54) is 4.57 Å². The number of amides is 2. The zero-order valence-corrected chi connectivity index (χ0v) is 19.6. The van der Waals surface area contributed by atoms with Crippen LogP contribution in [0.25, 0.3) is 11.4 Å². The summed E-state index contributed by atoms with van der Waals surface area (Å²) in [6, 6.07) is 15.1. The molecule has 2 heterocycles. The van der Waals surface area contributed by atoms with Gasteiger partial charge in [-0.25, -0.2) is 9.78 Å². The molecular weight excluding hydrogens is 432 g/mol. The summed E-state index contributed by atoms with van der Waals surface area (Å²) in [4.78, 5) is 45.0. The van der Waals surface area contributed by atoms with Crippen molar-refractivity contribution >= 4 is 17.7 Å². The van der Waals surface area contributed by atoms with Crippen molar-refractivity contribution in [1.82, 2.24) is 14.5 Å². The maximum Gasteiger partial charge on any atom is 0.410 e. The number of para-hydroxylation sites is 1. The molecule has 34 heavy (non-hydrogen) atoms. The third-order valence-electron chi connectivity index (χ3n) is 5.88. The summed E-state index contributed by atoms with van der Waals surface area (Å²) in [5, 5.41) is 2.89. The summed E-state index contributed by atoms with van der Waals surface area (Å²) in [7, 11) is 0. The highest BCUT2D eigenvalue weighted by Gasteiger charge is 2.27. The third-order valence-corrected chi connectivity index (χ3v) is 5.88. The molecule has 176 valence electrons. The molecule has 8 nitrogen and oxygen atoms in total. The van der Waals surface area contributed by atoms with Crippen LogP contribution in [0.2, 0.25) is 0 Å². The summed E-state index contributed by atoms with van der Waals surface area (Å²) < 4.78 is 6.55. The summed E-state index contributed by atoms with van der Waals surface area (Å²) in [5.41, 5.74) is 4.24. The van der Waals surface area contributed by atoms with Crippen LogP contribution in [-0.4, -0.2) is 39.6 Å². The second-order valence-corrected chi connectivity index (χ2v) is 8.35. The van der Waals surface area contributed by atoms with Crippen molar-refractivity contribution in [3.63, 3.8) is 0 Å². The molecule has 0 saturated heterocycles. The molecular formula is C26H28N4O4. The maximum atomic E-state index is 13.5. The molecule has 0 aliphatic carbocycles. The summed E-state index contributed by atoms with van der Waals surface area (Å²) in [5.74, 6) is 0.0878. The van der Waals surface area contributed by atoms with Crippen molar-refractivity contribution in [2.24, 2.45) is 0 Å². The van der Waals surface area contributed by atoms with Gasteiger partial charge in [-0.15, -0.1) is 0 Å². The highest BCUT2D eigenvalue weighted by molar-refractivity contribution is 5.91. The monoisotopic (exact) mass is 460 g/mol. The van der Waals surface area contributed by atoms with Crippen LogP contribution >= 0.6 is 0 Å². The molecule has 8 heteroatoms. The Balaban J connectivity index is 1.72. The standard InChI is InChI=1S/C26H28N4O4/c1-4-34-26(33)29-14-13-20-22(15-29)28-24(19-11-9-17(2)10-12-19)30(25(20)32)16-23(31)27-21-8-6-5-7-18(21)3/h5-12H,4,13-16H2,1-3H3,(H,27,31). The molecule has 0 spiro atoms. The van der Waals surface area contributed by atoms with Crippen LogP contribution < -0.4 is 10.9 Å². The Morgan fingerprint density at radius 2 is 1.82 bits per heavy atom. The largest absolute Gasteiger partial charge is 0.450 e. The molecule has 0 fully saturated rings. The fourth-order valence-electron chi connectivity index (χ4n) is 4.01. The predicted octanol–water partition coefficient (Wildman–Crippen LogP) is 3.68. The molecule has 1 aromatic heterocycles. The number of carbonyl (C=O) groups is 2. The van der Waals surface area contributed by atoms with Gasteiger partial charge in [0.2, 0.25) is 5.91 Å². The predicted molar refractivity (Wildman–Crippen MR) is 130 cm³/mol. The SMILES string of the molecule is CCOC(=O)N1CCc2c(nc(-c3ccc(C)cc3)n(CC(=O)Nc3ccccc3C)c2=O)C1. The Morgan fingerprint density at radius 1 is 1.09 bits per heavy atom. The lowest BCUT2D eigenvalue weighted by Crippen LogP contribution is -2.42. The van der Waals surface area contributed by atoms with Gasteiger partial charge < -0.3 is 15.0 Å². The van der Waals surface area contributed by atoms with Gasteiger partial charge in [0.15, 0.2) is 0 Å². The average Bonchev–Trinajstić information content (AvgIpc) is 2.82. The number of hydrogen-bond acceptors (Lipinski definition) is 5. The molecule has 0 unspecified atom stereocenters. The number of carbonyl (C=O) groups excluding carboxylic acids is 2. The van der Waals surface area contributed by atoms with E-state index in [1.807, 2.05) is 62.4 Å². The Labute approximate surface area is 198 Å². The summed E-state index contributed by atoms with van der Waals surface area (Å²) in [6.07, 6.45) is -0.0678. The van der Waals surface area contributed by atoms with Crippen LogP contribution in [0.5, 0.6) is 0 Å². The van der Waals surface area contributed by atoms with Crippen molar-refractivity contribution in [2.75, 3.05) is 18.5 Å². The van der Waals surface area contributed by atoms with Gasteiger partial charge in [0.25, 0.3) is 5.56 Å². The normalized spacial score (nSPS) is 12.7. The quantitative estimate of drug-likeness (QED) is 0.627. The van der Waals surface area contributed by atoms with Crippen molar-refractivity contribution in [1.29, 1.82) is 0 Å². The second-order valence-electron chi connectivity index (χ2n) is 8.35.